The normalized spacial score (nSPS) is 20.5. The Kier molecular flexibility index (Phi) is 6.10. The second-order valence-electron chi connectivity index (χ2n) is 5.39. The molecule has 118 valence electrons. The van der Waals surface area contributed by atoms with Crippen molar-refractivity contribution in [2.45, 2.75) is 19.3 Å². The highest BCUT2D eigenvalue weighted by atomic mass is 32.2. The summed E-state index contributed by atoms with van der Waals surface area (Å²) < 4.78 is 28.8. The Bertz CT molecular complexity index is 519. The summed E-state index contributed by atoms with van der Waals surface area (Å²) in [5.74, 6) is 0.399. The maximum Gasteiger partial charge on any atom is 0.279 e. The molecular weight excluding hydrogens is 288 g/mol. The van der Waals surface area contributed by atoms with Gasteiger partial charge >= 0.3 is 0 Å². The van der Waals surface area contributed by atoms with Gasteiger partial charge in [-0.15, -0.1) is 0 Å². The molecule has 2 heterocycles. The van der Waals surface area contributed by atoms with Crippen LogP contribution in [0.15, 0.2) is 24.4 Å². The molecule has 0 radical (unpaired) electrons. The first-order valence-electron chi connectivity index (χ1n) is 7.41. The molecule has 21 heavy (non-hydrogen) atoms. The zero-order chi connectivity index (χ0) is 15.1. The minimum atomic E-state index is -3.38. The first kappa shape index (κ1) is 16.4. The largest absolute Gasteiger partial charge is 0.319 e. The minimum Gasteiger partial charge on any atom is -0.319 e. The van der Waals surface area contributed by atoms with Gasteiger partial charge in [-0.2, -0.15) is 12.7 Å². The van der Waals surface area contributed by atoms with Crippen LogP contribution >= 0.6 is 0 Å². The lowest BCUT2D eigenvalue weighted by Crippen LogP contribution is -2.47. The van der Waals surface area contributed by atoms with Crippen LogP contribution in [-0.2, 0) is 16.6 Å². The van der Waals surface area contributed by atoms with E-state index < -0.39 is 10.2 Å². The number of aromatic nitrogens is 1. The highest BCUT2D eigenvalue weighted by Gasteiger charge is 2.28. The van der Waals surface area contributed by atoms with Crippen LogP contribution in [0, 0.1) is 5.92 Å². The zero-order valence-corrected chi connectivity index (χ0v) is 13.3. The summed E-state index contributed by atoms with van der Waals surface area (Å²) in [4.78, 5) is 4.19. The molecule has 2 rings (SSSR count). The molecule has 1 saturated heterocycles. The SMILES string of the molecule is CNCC1CCCN(S(=O)(=O)NCCc2ccccn2)C1. The van der Waals surface area contributed by atoms with Crippen LogP contribution in [0.5, 0.6) is 0 Å². The number of hydrogen-bond donors (Lipinski definition) is 2. The number of nitrogens with one attached hydrogen (secondary N) is 2. The third-order valence-corrected chi connectivity index (χ3v) is 5.29. The van der Waals surface area contributed by atoms with E-state index in [2.05, 4.69) is 15.0 Å². The molecule has 1 aliphatic heterocycles. The lowest BCUT2D eigenvalue weighted by Gasteiger charge is -2.31. The van der Waals surface area contributed by atoms with Crippen LogP contribution in [0.2, 0.25) is 0 Å². The van der Waals surface area contributed by atoms with Gasteiger partial charge in [0.2, 0.25) is 0 Å². The van der Waals surface area contributed by atoms with E-state index in [9.17, 15) is 8.42 Å². The Morgan fingerprint density at radius 1 is 1.43 bits per heavy atom. The van der Waals surface area contributed by atoms with E-state index in [1.54, 1.807) is 10.5 Å². The zero-order valence-electron chi connectivity index (χ0n) is 12.5. The molecule has 1 aromatic rings. The molecule has 0 saturated carbocycles. The van der Waals surface area contributed by atoms with Crippen LogP contribution < -0.4 is 10.0 Å². The van der Waals surface area contributed by atoms with E-state index in [0.717, 1.165) is 25.1 Å². The van der Waals surface area contributed by atoms with Crippen LogP contribution in [0.3, 0.4) is 0 Å². The molecule has 1 unspecified atom stereocenters. The first-order valence-corrected chi connectivity index (χ1v) is 8.85. The topological polar surface area (TPSA) is 74.3 Å². The smallest absolute Gasteiger partial charge is 0.279 e. The van der Waals surface area contributed by atoms with Crippen molar-refractivity contribution in [3.8, 4) is 0 Å². The first-order chi connectivity index (χ1) is 10.1. The van der Waals surface area contributed by atoms with E-state index in [-0.39, 0.29) is 0 Å². The van der Waals surface area contributed by atoms with Crippen molar-refractivity contribution in [1.29, 1.82) is 0 Å². The average molecular weight is 312 g/mol. The van der Waals surface area contributed by atoms with E-state index >= 15 is 0 Å². The van der Waals surface area contributed by atoms with Gasteiger partial charge in [-0.3, -0.25) is 4.98 Å². The molecule has 1 aromatic heterocycles. The van der Waals surface area contributed by atoms with Crippen molar-refractivity contribution >= 4 is 10.2 Å². The lowest BCUT2D eigenvalue weighted by atomic mass is 10.00. The number of piperidine rings is 1. The Morgan fingerprint density at radius 2 is 2.29 bits per heavy atom. The van der Waals surface area contributed by atoms with E-state index in [1.165, 1.54) is 0 Å². The van der Waals surface area contributed by atoms with Gasteiger partial charge < -0.3 is 5.32 Å². The summed E-state index contributed by atoms with van der Waals surface area (Å²) in [5, 5.41) is 3.12. The summed E-state index contributed by atoms with van der Waals surface area (Å²) in [5.41, 5.74) is 0.895. The molecule has 7 heteroatoms. The molecular formula is C14H24N4O2S. The molecule has 0 amide bonds. The predicted molar refractivity (Wildman–Crippen MR) is 83.1 cm³/mol. The third kappa shape index (κ3) is 5.03. The fraction of sp³-hybridized carbons (Fsp3) is 0.643. The Labute approximate surface area is 127 Å². The Hall–Kier alpha value is -1.02. The summed E-state index contributed by atoms with van der Waals surface area (Å²) in [7, 11) is -1.48. The molecule has 1 atom stereocenters. The molecule has 1 fully saturated rings. The van der Waals surface area contributed by atoms with Crippen molar-refractivity contribution in [2.24, 2.45) is 5.92 Å². The van der Waals surface area contributed by atoms with Gasteiger partial charge in [0.25, 0.3) is 10.2 Å². The van der Waals surface area contributed by atoms with Crippen LogP contribution in [0.4, 0.5) is 0 Å². The van der Waals surface area contributed by atoms with Gasteiger partial charge in [-0.25, -0.2) is 4.72 Å². The number of pyridine rings is 1. The second-order valence-corrected chi connectivity index (χ2v) is 7.15. The van der Waals surface area contributed by atoms with Crippen molar-refractivity contribution in [2.75, 3.05) is 33.2 Å². The highest BCUT2D eigenvalue weighted by Crippen LogP contribution is 2.17. The molecule has 1 aliphatic rings. The van der Waals surface area contributed by atoms with Gasteiger partial charge in [0.1, 0.15) is 0 Å². The predicted octanol–water partition coefficient (Wildman–Crippen LogP) is 0.390. The number of nitrogens with zero attached hydrogens (tertiary/aromatic N) is 2. The molecule has 0 aromatic carbocycles. The number of rotatable bonds is 7. The fourth-order valence-corrected chi connectivity index (χ4v) is 3.96. The Morgan fingerprint density at radius 3 is 3.00 bits per heavy atom. The molecule has 0 bridgehead atoms. The summed E-state index contributed by atoms with van der Waals surface area (Å²) in [6, 6.07) is 5.66. The number of hydrogen-bond acceptors (Lipinski definition) is 4. The Balaban J connectivity index is 1.83. The van der Waals surface area contributed by atoms with Gasteiger partial charge in [-0.1, -0.05) is 6.07 Å². The monoisotopic (exact) mass is 312 g/mol. The van der Waals surface area contributed by atoms with Crippen molar-refractivity contribution in [3.63, 3.8) is 0 Å². The second kappa shape index (κ2) is 7.84. The van der Waals surface area contributed by atoms with E-state index in [4.69, 9.17) is 0 Å². The van der Waals surface area contributed by atoms with Gasteiger partial charge in [-0.05, 0) is 44.5 Å². The van der Waals surface area contributed by atoms with Crippen LogP contribution in [0.25, 0.3) is 0 Å². The van der Waals surface area contributed by atoms with Crippen molar-refractivity contribution in [1.82, 2.24) is 19.3 Å². The molecule has 2 N–H and O–H groups in total. The van der Waals surface area contributed by atoms with Gasteiger partial charge in [0, 0.05) is 37.9 Å². The minimum absolute atomic E-state index is 0.381. The van der Waals surface area contributed by atoms with Gasteiger partial charge in [0.05, 0.1) is 0 Å². The summed E-state index contributed by atoms with van der Waals surface area (Å²) in [6.07, 6.45) is 4.33. The van der Waals surface area contributed by atoms with E-state index in [1.807, 2.05) is 25.2 Å². The third-order valence-electron chi connectivity index (χ3n) is 3.71. The summed E-state index contributed by atoms with van der Waals surface area (Å²) in [6.45, 7) is 2.45. The molecule has 0 spiro atoms. The average Bonchev–Trinajstić information content (AvgIpc) is 2.49. The quantitative estimate of drug-likeness (QED) is 0.764. The van der Waals surface area contributed by atoms with Crippen molar-refractivity contribution < 1.29 is 8.42 Å². The van der Waals surface area contributed by atoms with Gasteiger partial charge in [0.15, 0.2) is 0 Å². The maximum absolute atomic E-state index is 12.3. The lowest BCUT2D eigenvalue weighted by molar-refractivity contribution is 0.261. The summed E-state index contributed by atoms with van der Waals surface area (Å²) >= 11 is 0. The molecule has 6 nitrogen and oxygen atoms in total. The fourth-order valence-electron chi connectivity index (χ4n) is 2.65. The highest BCUT2D eigenvalue weighted by molar-refractivity contribution is 7.87. The molecule has 0 aliphatic carbocycles. The maximum atomic E-state index is 12.3. The standard InChI is InChI=1S/C14H24N4O2S/c1-15-11-13-5-4-10-18(12-13)21(19,20)17-9-7-14-6-2-3-8-16-14/h2-3,6,8,13,15,17H,4-5,7,9-12H2,1H3. The van der Waals surface area contributed by atoms with Crippen LogP contribution in [0.1, 0.15) is 18.5 Å². The van der Waals surface area contributed by atoms with Crippen LogP contribution in [-0.4, -0.2) is 50.9 Å². The van der Waals surface area contributed by atoms with Crippen molar-refractivity contribution in [3.05, 3.63) is 30.1 Å². The van der Waals surface area contributed by atoms with E-state index in [0.29, 0.717) is 32.0 Å².